The van der Waals surface area contributed by atoms with Gasteiger partial charge in [0.05, 0.1) is 23.0 Å². The summed E-state index contributed by atoms with van der Waals surface area (Å²) in [4.78, 5) is 33.7. The van der Waals surface area contributed by atoms with Crippen molar-refractivity contribution in [1.29, 1.82) is 0 Å². The third-order valence-corrected chi connectivity index (χ3v) is 6.65. The molecule has 0 bridgehead atoms. The van der Waals surface area contributed by atoms with Crippen molar-refractivity contribution >= 4 is 50.6 Å². The van der Waals surface area contributed by atoms with E-state index in [2.05, 4.69) is 15.3 Å². The van der Waals surface area contributed by atoms with Crippen LogP contribution in [0.5, 0.6) is 0 Å². The lowest BCUT2D eigenvalue weighted by Crippen LogP contribution is -2.28. The van der Waals surface area contributed by atoms with Gasteiger partial charge in [-0.2, -0.15) is 0 Å². The summed E-state index contributed by atoms with van der Waals surface area (Å²) in [5, 5.41) is 7.29. The first kappa shape index (κ1) is 19.1. The number of hydrogen-bond donors (Lipinski definition) is 2. The molecule has 0 unspecified atom stereocenters. The average Bonchev–Trinajstić information content (AvgIpc) is 3.29. The summed E-state index contributed by atoms with van der Waals surface area (Å²) >= 11 is 4.51. The van der Waals surface area contributed by atoms with Crippen LogP contribution >= 0.6 is 34.4 Å². The van der Waals surface area contributed by atoms with Crippen molar-refractivity contribution < 1.29 is 9.53 Å². The summed E-state index contributed by atoms with van der Waals surface area (Å²) in [5.74, 6) is 0.840. The second-order valence-electron chi connectivity index (χ2n) is 5.55. The van der Waals surface area contributed by atoms with Crippen molar-refractivity contribution in [2.24, 2.45) is 0 Å². The van der Waals surface area contributed by atoms with Crippen LogP contribution in [-0.4, -0.2) is 41.9 Å². The first-order valence-corrected chi connectivity index (χ1v) is 10.8. The van der Waals surface area contributed by atoms with Gasteiger partial charge in [0.25, 0.3) is 5.56 Å². The topological polar surface area (TPSA) is 84.1 Å². The zero-order valence-electron chi connectivity index (χ0n) is 14.4. The molecule has 0 aliphatic carbocycles. The van der Waals surface area contributed by atoms with Crippen molar-refractivity contribution in [2.45, 2.75) is 12.2 Å². The van der Waals surface area contributed by atoms with Crippen molar-refractivity contribution in [2.75, 3.05) is 26.0 Å². The number of aromatic nitrogens is 2. The minimum Gasteiger partial charge on any atom is -0.383 e. The van der Waals surface area contributed by atoms with Gasteiger partial charge < -0.3 is 15.0 Å². The van der Waals surface area contributed by atoms with Gasteiger partial charge >= 0.3 is 0 Å². The van der Waals surface area contributed by atoms with Crippen LogP contribution in [0.3, 0.4) is 0 Å². The number of fused-ring (bicyclic) bond motifs is 1. The van der Waals surface area contributed by atoms with Gasteiger partial charge in [-0.05, 0) is 18.4 Å². The van der Waals surface area contributed by atoms with Crippen molar-refractivity contribution in [3.63, 3.8) is 0 Å². The molecule has 6 nitrogen and oxygen atoms in total. The Morgan fingerprint density at radius 2 is 2.31 bits per heavy atom. The predicted octanol–water partition coefficient (Wildman–Crippen LogP) is 3.27. The van der Waals surface area contributed by atoms with Crippen LogP contribution in [0.15, 0.2) is 27.7 Å². The van der Waals surface area contributed by atoms with E-state index >= 15 is 0 Å². The van der Waals surface area contributed by atoms with E-state index in [0.29, 0.717) is 30.1 Å². The molecular weight excluding hydrogens is 390 g/mol. The Bertz CT molecular complexity index is 934. The lowest BCUT2D eigenvalue weighted by Gasteiger charge is -2.11. The monoisotopic (exact) mass is 409 g/mol. The number of aromatic amines is 1. The third-order valence-electron chi connectivity index (χ3n) is 3.73. The van der Waals surface area contributed by atoms with Gasteiger partial charge in [-0.1, -0.05) is 6.07 Å². The maximum absolute atomic E-state index is 12.6. The Hall–Kier alpha value is -1.68. The van der Waals surface area contributed by atoms with Gasteiger partial charge in [-0.3, -0.25) is 9.59 Å². The molecule has 0 radical (unpaired) electrons. The molecular formula is C17H19N3O3S3. The van der Waals surface area contributed by atoms with Gasteiger partial charge in [0.2, 0.25) is 5.91 Å². The maximum atomic E-state index is 12.6. The van der Waals surface area contributed by atoms with E-state index in [1.165, 1.54) is 23.1 Å². The van der Waals surface area contributed by atoms with Gasteiger partial charge in [-0.15, -0.1) is 34.4 Å². The molecule has 3 heterocycles. The van der Waals surface area contributed by atoms with Crippen LogP contribution in [0, 0.1) is 0 Å². The highest BCUT2D eigenvalue weighted by atomic mass is 32.2. The summed E-state index contributed by atoms with van der Waals surface area (Å²) in [6.07, 6.45) is 0. The average molecular weight is 410 g/mol. The number of rotatable bonds is 8. The molecule has 3 aromatic rings. The number of thioether (sulfide) groups is 1. The van der Waals surface area contributed by atoms with Gasteiger partial charge in [0, 0.05) is 29.5 Å². The molecule has 26 heavy (non-hydrogen) atoms. The van der Waals surface area contributed by atoms with Crippen LogP contribution < -0.4 is 10.9 Å². The number of methoxy groups -OCH3 is 1. The second-order valence-corrected chi connectivity index (χ2v) is 8.69. The van der Waals surface area contributed by atoms with Crippen LogP contribution in [0.25, 0.3) is 20.7 Å². The normalized spacial score (nSPS) is 12.4. The minimum atomic E-state index is -0.133. The van der Waals surface area contributed by atoms with Crippen LogP contribution in [0.4, 0.5) is 0 Å². The Morgan fingerprint density at radius 1 is 1.46 bits per heavy atom. The SMILES string of the molecule is COCCNC(=O)CS[C@@H](C)c1nc2scc(-c3cccs3)c2c(=O)[nH]1. The van der Waals surface area contributed by atoms with Gasteiger partial charge in [0.1, 0.15) is 10.7 Å². The predicted molar refractivity (Wildman–Crippen MR) is 109 cm³/mol. The Labute approximate surface area is 163 Å². The third kappa shape index (κ3) is 4.35. The van der Waals surface area contributed by atoms with Crippen molar-refractivity contribution in [1.82, 2.24) is 15.3 Å². The molecule has 9 heteroatoms. The van der Waals surface area contributed by atoms with Crippen LogP contribution in [0.2, 0.25) is 0 Å². The van der Waals surface area contributed by atoms with E-state index in [1.54, 1.807) is 18.4 Å². The first-order valence-electron chi connectivity index (χ1n) is 8.02. The molecule has 0 aliphatic rings. The molecule has 0 aromatic carbocycles. The molecule has 2 N–H and O–H groups in total. The summed E-state index contributed by atoms with van der Waals surface area (Å²) in [5.41, 5.74) is 0.796. The number of carbonyl (C=O) groups is 1. The molecule has 0 aliphatic heterocycles. The lowest BCUT2D eigenvalue weighted by molar-refractivity contribution is -0.118. The Morgan fingerprint density at radius 3 is 3.04 bits per heavy atom. The van der Waals surface area contributed by atoms with E-state index in [-0.39, 0.29) is 16.7 Å². The molecule has 0 fully saturated rings. The quantitative estimate of drug-likeness (QED) is 0.558. The Kier molecular flexibility index (Phi) is 6.47. The van der Waals surface area contributed by atoms with Crippen molar-refractivity contribution in [3.05, 3.63) is 39.1 Å². The highest BCUT2D eigenvalue weighted by molar-refractivity contribution is 8.00. The fraction of sp³-hybridized carbons (Fsp3) is 0.353. The summed E-state index contributed by atoms with van der Waals surface area (Å²) in [6.45, 7) is 2.92. The van der Waals surface area contributed by atoms with E-state index in [9.17, 15) is 9.59 Å². The molecule has 0 saturated carbocycles. The number of ether oxygens (including phenoxy) is 1. The van der Waals surface area contributed by atoms with E-state index in [1.807, 2.05) is 29.8 Å². The number of H-pyrrole nitrogens is 1. The largest absolute Gasteiger partial charge is 0.383 e. The molecule has 0 saturated heterocycles. The van der Waals surface area contributed by atoms with E-state index < -0.39 is 0 Å². The van der Waals surface area contributed by atoms with Crippen LogP contribution in [-0.2, 0) is 9.53 Å². The molecule has 0 spiro atoms. The maximum Gasteiger partial charge on any atom is 0.260 e. The molecule has 3 rings (SSSR count). The summed E-state index contributed by atoms with van der Waals surface area (Å²) in [7, 11) is 1.59. The minimum absolute atomic E-state index is 0.0570. The lowest BCUT2D eigenvalue weighted by atomic mass is 10.2. The summed E-state index contributed by atoms with van der Waals surface area (Å²) in [6, 6.07) is 3.97. The number of nitrogens with zero attached hydrogens (tertiary/aromatic N) is 1. The second kappa shape index (κ2) is 8.81. The van der Waals surface area contributed by atoms with Crippen molar-refractivity contribution in [3.8, 4) is 10.4 Å². The highest BCUT2D eigenvalue weighted by Crippen LogP contribution is 2.34. The molecule has 1 amide bonds. The number of thiophene rings is 2. The number of hydrogen-bond acceptors (Lipinski definition) is 7. The van der Waals surface area contributed by atoms with E-state index in [0.717, 1.165) is 15.3 Å². The fourth-order valence-electron chi connectivity index (χ4n) is 2.39. The Balaban J connectivity index is 1.73. The first-order chi connectivity index (χ1) is 12.6. The summed E-state index contributed by atoms with van der Waals surface area (Å²) < 4.78 is 4.90. The highest BCUT2D eigenvalue weighted by Gasteiger charge is 2.17. The van der Waals surface area contributed by atoms with Crippen LogP contribution in [0.1, 0.15) is 18.0 Å². The molecule has 3 aromatic heterocycles. The molecule has 1 atom stereocenters. The van der Waals surface area contributed by atoms with E-state index in [4.69, 9.17) is 4.74 Å². The number of nitrogens with one attached hydrogen (secondary N) is 2. The number of amides is 1. The number of carbonyl (C=O) groups excluding carboxylic acids is 1. The zero-order chi connectivity index (χ0) is 18.5. The van der Waals surface area contributed by atoms with Gasteiger partial charge in [0.15, 0.2) is 0 Å². The smallest absolute Gasteiger partial charge is 0.260 e. The zero-order valence-corrected chi connectivity index (χ0v) is 16.9. The van der Waals surface area contributed by atoms with Gasteiger partial charge in [-0.25, -0.2) is 4.98 Å². The standard InChI is InChI=1S/C17H19N3O3S3/c1-10(25-9-13(21)18-5-6-23-2)15-19-16(22)14-11(8-26-17(14)20-15)12-4-3-7-24-12/h3-4,7-8,10H,5-6,9H2,1-2H3,(H,18,21)(H,19,20,22)/t10-/m0/s1. The fourth-order valence-corrected chi connectivity index (χ4v) is 4.94. The molecule has 138 valence electrons.